The number of ether oxygens (including phenoxy) is 1. The van der Waals surface area contributed by atoms with Gasteiger partial charge < -0.3 is 15.4 Å². The number of nitrogens with one attached hydrogen (secondary N) is 2. The topological polar surface area (TPSA) is 33.3 Å². The zero-order chi connectivity index (χ0) is 14.5. The van der Waals surface area contributed by atoms with E-state index in [1.807, 2.05) is 0 Å². The average Bonchev–Trinajstić information content (AvgIpc) is 2.85. The quantitative estimate of drug-likeness (QED) is 0.816. The SMILES string of the molecule is FC(F)Oc1ccc(NC(=S)NC2CCCC2)cc1Cl. The molecule has 0 radical (unpaired) electrons. The van der Waals surface area contributed by atoms with Crippen LogP contribution in [0.5, 0.6) is 5.75 Å². The maximum atomic E-state index is 12.1. The third kappa shape index (κ3) is 4.45. The Kier molecular flexibility index (Phi) is 5.37. The lowest BCUT2D eigenvalue weighted by Gasteiger charge is -2.16. The molecule has 0 aromatic heterocycles. The van der Waals surface area contributed by atoms with E-state index in [9.17, 15) is 8.78 Å². The Labute approximate surface area is 126 Å². The van der Waals surface area contributed by atoms with Crippen LogP contribution >= 0.6 is 23.8 Å². The number of thiocarbonyl (C=S) groups is 1. The molecule has 2 rings (SSSR count). The third-order valence-corrected chi connectivity index (χ3v) is 3.61. The summed E-state index contributed by atoms with van der Waals surface area (Å²) in [7, 11) is 0. The Morgan fingerprint density at radius 1 is 1.35 bits per heavy atom. The minimum Gasteiger partial charge on any atom is -0.433 e. The maximum Gasteiger partial charge on any atom is 0.387 e. The summed E-state index contributed by atoms with van der Waals surface area (Å²) in [5.41, 5.74) is 0.632. The molecule has 0 atom stereocenters. The van der Waals surface area contributed by atoms with E-state index >= 15 is 0 Å². The van der Waals surface area contributed by atoms with Crippen molar-refractivity contribution >= 4 is 34.6 Å². The molecule has 20 heavy (non-hydrogen) atoms. The molecule has 110 valence electrons. The van der Waals surface area contributed by atoms with Crippen molar-refractivity contribution in [3.8, 4) is 5.75 Å². The summed E-state index contributed by atoms with van der Waals surface area (Å²) in [4.78, 5) is 0. The smallest absolute Gasteiger partial charge is 0.387 e. The summed E-state index contributed by atoms with van der Waals surface area (Å²) < 4.78 is 28.5. The minimum absolute atomic E-state index is 0.0538. The molecule has 1 aromatic carbocycles. The van der Waals surface area contributed by atoms with Crippen LogP contribution in [0.3, 0.4) is 0 Å². The van der Waals surface area contributed by atoms with Crippen molar-refractivity contribution in [1.29, 1.82) is 0 Å². The van der Waals surface area contributed by atoms with Crippen LogP contribution in [-0.4, -0.2) is 17.8 Å². The minimum atomic E-state index is -2.89. The lowest BCUT2D eigenvalue weighted by atomic mass is 10.2. The van der Waals surface area contributed by atoms with Gasteiger partial charge in [-0.05, 0) is 43.3 Å². The van der Waals surface area contributed by atoms with Gasteiger partial charge in [-0.1, -0.05) is 24.4 Å². The third-order valence-electron chi connectivity index (χ3n) is 3.10. The molecule has 1 aliphatic carbocycles. The molecule has 0 aliphatic heterocycles. The van der Waals surface area contributed by atoms with Crippen LogP contribution in [0.25, 0.3) is 0 Å². The number of rotatable bonds is 4. The molecule has 7 heteroatoms. The first kappa shape index (κ1) is 15.3. The monoisotopic (exact) mass is 320 g/mol. The second kappa shape index (κ2) is 7.04. The van der Waals surface area contributed by atoms with Crippen LogP contribution in [0.4, 0.5) is 14.5 Å². The van der Waals surface area contributed by atoms with Crippen LogP contribution in [0, 0.1) is 0 Å². The summed E-state index contributed by atoms with van der Waals surface area (Å²) in [6.07, 6.45) is 4.66. The van der Waals surface area contributed by atoms with E-state index in [-0.39, 0.29) is 10.8 Å². The van der Waals surface area contributed by atoms with Crippen molar-refractivity contribution in [1.82, 2.24) is 5.32 Å². The highest BCUT2D eigenvalue weighted by atomic mass is 35.5. The van der Waals surface area contributed by atoms with E-state index in [1.54, 1.807) is 6.07 Å². The Hall–Kier alpha value is -1.14. The number of alkyl halides is 2. The van der Waals surface area contributed by atoms with Gasteiger partial charge in [0.2, 0.25) is 0 Å². The molecule has 1 saturated carbocycles. The lowest BCUT2D eigenvalue weighted by molar-refractivity contribution is -0.0497. The average molecular weight is 321 g/mol. The lowest BCUT2D eigenvalue weighted by Crippen LogP contribution is -2.35. The predicted molar refractivity (Wildman–Crippen MR) is 79.7 cm³/mol. The van der Waals surface area contributed by atoms with E-state index in [1.165, 1.54) is 25.0 Å². The van der Waals surface area contributed by atoms with Crippen LogP contribution in [0.15, 0.2) is 18.2 Å². The van der Waals surface area contributed by atoms with Crippen LogP contribution in [0.1, 0.15) is 25.7 Å². The Balaban J connectivity index is 1.92. The molecular weight excluding hydrogens is 306 g/mol. The van der Waals surface area contributed by atoms with Gasteiger partial charge in [0.25, 0.3) is 0 Å². The second-order valence-corrected chi connectivity index (χ2v) is 5.42. The van der Waals surface area contributed by atoms with Gasteiger partial charge in [0.1, 0.15) is 5.75 Å². The van der Waals surface area contributed by atoms with Crippen LogP contribution < -0.4 is 15.4 Å². The van der Waals surface area contributed by atoms with E-state index in [0.29, 0.717) is 16.8 Å². The highest BCUT2D eigenvalue weighted by Gasteiger charge is 2.15. The van der Waals surface area contributed by atoms with Gasteiger partial charge in [0, 0.05) is 11.7 Å². The summed E-state index contributed by atoms with van der Waals surface area (Å²) in [6, 6.07) is 4.88. The van der Waals surface area contributed by atoms with Crippen molar-refractivity contribution < 1.29 is 13.5 Å². The van der Waals surface area contributed by atoms with Crippen molar-refractivity contribution in [2.45, 2.75) is 38.3 Å². The first-order valence-electron chi connectivity index (χ1n) is 6.36. The van der Waals surface area contributed by atoms with Gasteiger partial charge in [0.05, 0.1) is 5.02 Å². The maximum absolute atomic E-state index is 12.1. The van der Waals surface area contributed by atoms with Crippen molar-refractivity contribution in [3.63, 3.8) is 0 Å². The Morgan fingerprint density at radius 3 is 2.65 bits per heavy atom. The Bertz CT molecular complexity index is 481. The fraction of sp³-hybridized carbons (Fsp3) is 0.462. The molecular formula is C13H15ClF2N2OS. The number of hydrogen-bond acceptors (Lipinski definition) is 2. The fourth-order valence-electron chi connectivity index (χ4n) is 2.19. The van der Waals surface area contributed by atoms with Crippen LogP contribution in [-0.2, 0) is 0 Å². The summed E-state index contributed by atoms with van der Waals surface area (Å²) in [5, 5.41) is 6.82. The predicted octanol–water partition coefficient (Wildman–Crippen LogP) is 4.17. The normalized spacial score (nSPS) is 15.4. The first-order chi connectivity index (χ1) is 9.54. The number of anilines is 1. The first-order valence-corrected chi connectivity index (χ1v) is 7.15. The van der Waals surface area contributed by atoms with Gasteiger partial charge in [-0.2, -0.15) is 8.78 Å². The second-order valence-electron chi connectivity index (χ2n) is 4.60. The Morgan fingerprint density at radius 2 is 2.05 bits per heavy atom. The van der Waals surface area contributed by atoms with E-state index in [2.05, 4.69) is 15.4 Å². The largest absolute Gasteiger partial charge is 0.433 e. The molecule has 0 spiro atoms. The summed E-state index contributed by atoms with van der Waals surface area (Å²) in [6.45, 7) is -2.89. The van der Waals surface area contributed by atoms with Gasteiger partial charge >= 0.3 is 6.61 Å². The van der Waals surface area contributed by atoms with Gasteiger partial charge in [-0.3, -0.25) is 0 Å². The van der Waals surface area contributed by atoms with Gasteiger partial charge in [0.15, 0.2) is 5.11 Å². The standard InChI is InChI=1S/C13H15ClF2N2OS/c14-10-7-9(5-6-11(10)19-12(15)16)18-13(20)17-8-3-1-2-4-8/h5-8,12H,1-4H2,(H2,17,18,20). The van der Waals surface area contributed by atoms with Crippen LogP contribution in [0.2, 0.25) is 5.02 Å². The van der Waals surface area contributed by atoms with Gasteiger partial charge in [-0.25, -0.2) is 0 Å². The highest BCUT2D eigenvalue weighted by molar-refractivity contribution is 7.80. The van der Waals surface area contributed by atoms with Gasteiger partial charge in [-0.15, -0.1) is 0 Å². The number of benzene rings is 1. The highest BCUT2D eigenvalue weighted by Crippen LogP contribution is 2.29. The molecule has 2 N–H and O–H groups in total. The summed E-state index contributed by atoms with van der Waals surface area (Å²) in [5.74, 6) is -0.0538. The zero-order valence-electron chi connectivity index (χ0n) is 10.7. The fourth-order valence-corrected chi connectivity index (χ4v) is 2.70. The number of halogens is 3. The van der Waals surface area contributed by atoms with E-state index < -0.39 is 6.61 Å². The molecule has 0 amide bonds. The molecule has 0 bridgehead atoms. The van der Waals surface area contributed by atoms with Crippen molar-refractivity contribution in [2.24, 2.45) is 0 Å². The zero-order valence-corrected chi connectivity index (χ0v) is 12.2. The van der Waals surface area contributed by atoms with E-state index in [0.717, 1.165) is 12.8 Å². The molecule has 0 unspecified atom stereocenters. The van der Waals surface area contributed by atoms with Crippen molar-refractivity contribution in [2.75, 3.05) is 5.32 Å². The van der Waals surface area contributed by atoms with E-state index in [4.69, 9.17) is 23.8 Å². The molecule has 1 aromatic rings. The summed E-state index contributed by atoms with van der Waals surface area (Å²) >= 11 is 11.1. The molecule has 3 nitrogen and oxygen atoms in total. The number of hydrogen-bond donors (Lipinski definition) is 2. The molecule has 0 saturated heterocycles. The molecule has 1 fully saturated rings. The molecule has 1 aliphatic rings. The molecule has 0 heterocycles. The van der Waals surface area contributed by atoms with Crippen molar-refractivity contribution in [3.05, 3.63) is 23.2 Å².